The molecule has 6 heteroatoms. The molecule has 2 rings (SSSR count). The van der Waals surface area contributed by atoms with E-state index >= 15 is 0 Å². The first-order chi connectivity index (χ1) is 11.5. The van der Waals surface area contributed by atoms with Gasteiger partial charge in [-0.15, -0.1) is 0 Å². The summed E-state index contributed by atoms with van der Waals surface area (Å²) >= 11 is 3.46. The van der Waals surface area contributed by atoms with Gasteiger partial charge in [0.1, 0.15) is 5.75 Å². The number of carbonyl (C=O) groups excluding carboxylic acids is 2. The minimum atomic E-state index is -0.304. The Kier molecular flexibility index (Phi) is 6.37. The zero-order valence-electron chi connectivity index (χ0n) is 13.5. The molecule has 0 unspecified atom stereocenters. The summed E-state index contributed by atoms with van der Waals surface area (Å²) in [5.41, 5.74) is 1.45. The van der Waals surface area contributed by atoms with Gasteiger partial charge in [-0.3, -0.25) is 9.59 Å². The van der Waals surface area contributed by atoms with Gasteiger partial charge in [-0.05, 0) is 42.8 Å². The summed E-state index contributed by atoms with van der Waals surface area (Å²) < 4.78 is 5.97. The Labute approximate surface area is 149 Å². The number of ether oxygens (including phenoxy) is 1. The molecule has 0 aromatic heterocycles. The quantitative estimate of drug-likeness (QED) is 0.796. The summed E-state index contributed by atoms with van der Waals surface area (Å²) in [5.74, 6) is 0.119. The SMILES string of the molecule is COc1ccc(C(=O)NCC(=O)N[C@@H](C)c2ccccc2Br)cc1. The average molecular weight is 391 g/mol. The molecule has 0 aliphatic carbocycles. The maximum atomic E-state index is 12.0. The number of benzene rings is 2. The first-order valence-electron chi connectivity index (χ1n) is 7.47. The Bertz CT molecular complexity index is 716. The third-order valence-corrected chi connectivity index (χ3v) is 4.23. The fraction of sp³-hybridized carbons (Fsp3) is 0.222. The fourth-order valence-corrected chi connectivity index (χ4v) is 2.83. The third-order valence-electron chi connectivity index (χ3n) is 3.51. The molecule has 0 aliphatic heterocycles. The molecular weight excluding hydrogens is 372 g/mol. The second-order valence-corrected chi connectivity index (χ2v) is 6.08. The van der Waals surface area contributed by atoms with Crippen molar-refractivity contribution in [1.29, 1.82) is 0 Å². The van der Waals surface area contributed by atoms with Crippen LogP contribution in [-0.4, -0.2) is 25.5 Å². The normalized spacial score (nSPS) is 11.5. The van der Waals surface area contributed by atoms with Crippen LogP contribution in [0.3, 0.4) is 0 Å². The maximum Gasteiger partial charge on any atom is 0.251 e. The summed E-state index contributed by atoms with van der Waals surface area (Å²) in [4.78, 5) is 24.0. The summed E-state index contributed by atoms with van der Waals surface area (Å²) in [5, 5.41) is 5.46. The van der Waals surface area contributed by atoms with E-state index in [-0.39, 0.29) is 24.4 Å². The van der Waals surface area contributed by atoms with Crippen molar-refractivity contribution in [3.63, 3.8) is 0 Å². The van der Waals surface area contributed by atoms with Crippen LogP contribution in [-0.2, 0) is 4.79 Å². The number of carbonyl (C=O) groups is 2. The first kappa shape index (κ1) is 18.0. The van der Waals surface area contributed by atoms with Crippen LogP contribution < -0.4 is 15.4 Å². The second-order valence-electron chi connectivity index (χ2n) is 5.22. The molecule has 0 aliphatic rings. The highest BCUT2D eigenvalue weighted by Crippen LogP contribution is 2.22. The molecule has 0 fully saturated rings. The van der Waals surface area contributed by atoms with Crippen LogP contribution in [0.25, 0.3) is 0 Å². The van der Waals surface area contributed by atoms with Crippen LogP contribution in [0.2, 0.25) is 0 Å². The molecule has 5 nitrogen and oxygen atoms in total. The molecule has 0 radical (unpaired) electrons. The number of methoxy groups -OCH3 is 1. The van der Waals surface area contributed by atoms with Crippen molar-refractivity contribution in [2.75, 3.05) is 13.7 Å². The molecule has 0 heterocycles. The first-order valence-corrected chi connectivity index (χ1v) is 8.26. The number of amides is 2. The zero-order valence-corrected chi connectivity index (χ0v) is 15.1. The largest absolute Gasteiger partial charge is 0.497 e. The lowest BCUT2D eigenvalue weighted by molar-refractivity contribution is -0.120. The topological polar surface area (TPSA) is 67.4 Å². The maximum absolute atomic E-state index is 12.0. The number of halogens is 1. The average Bonchev–Trinajstić information content (AvgIpc) is 2.60. The number of hydrogen-bond donors (Lipinski definition) is 2. The van der Waals surface area contributed by atoms with Crippen LogP contribution in [0.4, 0.5) is 0 Å². The monoisotopic (exact) mass is 390 g/mol. The predicted octanol–water partition coefficient (Wildman–Crippen LogP) is 3.06. The van der Waals surface area contributed by atoms with Crippen LogP contribution >= 0.6 is 15.9 Å². The molecule has 2 aromatic carbocycles. The summed E-state index contributed by atoms with van der Waals surface area (Å²) in [6, 6.07) is 14.2. The molecule has 2 amide bonds. The molecule has 0 saturated carbocycles. The Morgan fingerprint density at radius 2 is 1.79 bits per heavy atom. The minimum absolute atomic E-state index is 0.0837. The lowest BCUT2D eigenvalue weighted by Gasteiger charge is -2.16. The van der Waals surface area contributed by atoms with E-state index in [4.69, 9.17) is 4.74 Å². The van der Waals surface area contributed by atoms with Crippen molar-refractivity contribution in [1.82, 2.24) is 10.6 Å². The van der Waals surface area contributed by atoms with E-state index in [0.29, 0.717) is 11.3 Å². The van der Waals surface area contributed by atoms with Crippen molar-refractivity contribution in [2.24, 2.45) is 0 Å². The number of hydrogen-bond acceptors (Lipinski definition) is 3. The van der Waals surface area contributed by atoms with Crippen molar-refractivity contribution < 1.29 is 14.3 Å². The second kappa shape index (κ2) is 8.49. The highest BCUT2D eigenvalue weighted by molar-refractivity contribution is 9.10. The van der Waals surface area contributed by atoms with E-state index in [2.05, 4.69) is 26.6 Å². The van der Waals surface area contributed by atoms with Gasteiger partial charge in [-0.2, -0.15) is 0 Å². The minimum Gasteiger partial charge on any atom is -0.497 e. The third kappa shape index (κ3) is 4.83. The van der Waals surface area contributed by atoms with Crippen LogP contribution in [0.15, 0.2) is 53.0 Å². The van der Waals surface area contributed by atoms with Crippen molar-refractivity contribution >= 4 is 27.7 Å². The van der Waals surface area contributed by atoms with E-state index in [1.165, 1.54) is 0 Å². The van der Waals surface area contributed by atoms with E-state index in [1.807, 2.05) is 31.2 Å². The molecule has 126 valence electrons. The Balaban J connectivity index is 1.86. The van der Waals surface area contributed by atoms with Gasteiger partial charge in [0, 0.05) is 10.0 Å². The Morgan fingerprint density at radius 1 is 1.12 bits per heavy atom. The standard InChI is InChI=1S/C18H19BrN2O3/c1-12(15-5-3-4-6-16(15)19)21-17(22)11-20-18(23)13-7-9-14(24-2)10-8-13/h3-10,12H,11H2,1-2H3,(H,20,23)(H,21,22)/t12-/m0/s1. The van der Waals surface area contributed by atoms with E-state index < -0.39 is 0 Å². The summed E-state index contributed by atoms with van der Waals surface area (Å²) in [6.07, 6.45) is 0. The van der Waals surface area contributed by atoms with Crippen molar-refractivity contribution in [2.45, 2.75) is 13.0 Å². The highest BCUT2D eigenvalue weighted by atomic mass is 79.9. The van der Waals surface area contributed by atoms with Crippen LogP contribution in [0, 0.1) is 0 Å². The molecule has 2 aromatic rings. The highest BCUT2D eigenvalue weighted by Gasteiger charge is 2.13. The molecule has 0 saturated heterocycles. The fourth-order valence-electron chi connectivity index (χ4n) is 2.20. The molecule has 24 heavy (non-hydrogen) atoms. The van der Waals surface area contributed by atoms with Gasteiger partial charge in [0.25, 0.3) is 5.91 Å². The smallest absolute Gasteiger partial charge is 0.251 e. The lowest BCUT2D eigenvalue weighted by Crippen LogP contribution is -2.38. The van der Waals surface area contributed by atoms with Crippen molar-refractivity contribution in [3.8, 4) is 5.75 Å². The molecular formula is C18H19BrN2O3. The van der Waals surface area contributed by atoms with Crippen LogP contribution in [0.1, 0.15) is 28.9 Å². The molecule has 2 N–H and O–H groups in total. The van der Waals surface area contributed by atoms with Gasteiger partial charge in [-0.25, -0.2) is 0 Å². The van der Waals surface area contributed by atoms with Gasteiger partial charge >= 0.3 is 0 Å². The van der Waals surface area contributed by atoms with Gasteiger partial charge in [0.2, 0.25) is 5.91 Å². The van der Waals surface area contributed by atoms with Crippen molar-refractivity contribution in [3.05, 3.63) is 64.1 Å². The Hall–Kier alpha value is -2.34. The molecule has 0 bridgehead atoms. The van der Waals surface area contributed by atoms with Gasteiger partial charge in [0.05, 0.1) is 19.7 Å². The number of rotatable bonds is 6. The molecule has 0 spiro atoms. The number of nitrogens with one attached hydrogen (secondary N) is 2. The van der Waals surface area contributed by atoms with E-state index in [0.717, 1.165) is 10.0 Å². The summed E-state index contributed by atoms with van der Waals surface area (Å²) in [7, 11) is 1.56. The van der Waals surface area contributed by atoms with Gasteiger partial charge < -0.3 is 15.4 Å². The van der Waals surface area contributed by atoms with E-state index in [1.54, 1.807) is 31.4 Å². The van der Waals surface area contributed by atoms with Gasteiger partial charge in [0.15, 0.2) is 0 Å². The zero-order chi connectivity index (χ0) is 17.5. The Morgan fingerprint density at radius 3 is 2.42 bits per heavy atom. The summed E-state index contributed by atoms with van der Waals surface area (Å²) in [6.45, 7) is 1.81. The van der Waals surface area contributed by atoms with E-state index in [9.17, 15) is 9.59 Å². The predicted molar refractivity (Wildman–Crippen MR) is 96.0 cm³/mol. The van der Waals surface area contributed by atoms with Crippen LogP contribution in [0.5, 0.6) is 5.75 Å². The lowest BCUT2D eigenvalue weighted by atomic mass is 10.1. The van der Waals surface area contributed by atoms with Gasteiger partial charge in [-0.1, -0.05) is 34.1 Å². The molecule has 1 atom stereocenters.